The fourth-order valence-corrected chi connectivity index (χ4v) is 2.98. The van der Waals surface area contributed by atoms with Crippen molar-refractivity contribution >= 4 is 11.0 Å². The third kappa shape index (κ3) is 3.33. The third-order valence-corrected chi connectivity index (χ3v) is 4.30. The van der Waals surface area contributed by atoms with Crippen LogP contribution in [0.15, 0.2) is 88.1 Å². The second-order valence-electron chi connectivity index (χ2n) is 5.98. The first-order valence-electron chi connectivity index (χ1n) is 8.53. The number of benzene rings is 3. The molecule has 0 N–H and O–H groups in total. The van der Waals surface area contributed by atoms with Gasteiger partial charge in [-0.3, -0.25) is 0 Å². The summed E-state index contributed by atoms with van der Waals surface area (Å²) in [7, 11) is 1.62. The van der Waals surface area contributed by atoms with Crippen LogP contribution in [0.5, 0.6) is 5.75 Å². The van der Waals surface area contributed by atoms with E-state index >= 15 is 0 Å². The highest BCUT2D eigenvalue weighted by atomic mass is 16.5. The Morgan fingerprint density at radius 3 is 2.26 bits per heavy atom. The average Bonchev–Trinajstić information content (AvgIpc) is 2.73. The van der Waals surface area contributed by atoms with Gasteiger partial charge in [-0.1, -0.05) is 60.4 Å². The first-order chi connectivity index (χ1) is 13.3. The van der Waals surface area contributed by atoms with Gasteiger partial charge in [-0.2, -0.15) is 0 Å². The Morgan fingerprint density at radius 1 is 0.815 bits per heavy atom. The van der Waals surface area contributed by atoms with E-state index in [-0.39, 0.29) is 0 Å². The Labute approximate surface area is 156 Å². The van der Waals surface area contributed by atoms with E-state index < -0.39 is 5.63 Å². The Hall–Kier alpha value is -3.77. The molecule has 0 aliphatic heterocycles. The standard InChI is InChI=1S/C24H16O3/c1-26-19-14-11-17(12-15-19)13-16-21-23(18-7-3-2-4-8-18)20-9-5-6-10-22(20)27-24(21)25/h2-12,14-15H,1H3. The first-order valence-corrected chi connectivity index (χ1v) is 8.53. The van der Waals surface area contributed by atoms with Crippen LogP contribution in [-0.4, -0.2) is 7.11 Å². The second kappa shape index (κ2) is 7.23. The lowest BCUT2D eigenvalue weighted by atomic mass is 9.97. The van der Waals surface area contributed by atoms with Crippen LogP contribution in [-0.2, 0) is 0 Å². The van der Waals surface area contributed by atoms with Crippen LogP contribution in [0.4, 0.5) is 0 Å². The summed E-state index contributed by atoms with van der Waals surface area (Å²) in [4.78, 5) is 12.7. The summed E-state index contributed by atoms with van der Waals surface area (Å²) in [5, 5.41) is 0.863. The van der Waals surface area contributed by atoms with Crippen molar-refractivity contribution in [2.45, 2.75) is 0 Å². The summed E-state index contributed by atoms with van der Waals surface area (Å²) in [5.74, 6) is 6.85. The van der Waals surface area contributed by atoms with Gasteiger partial charge in [0.05, 0.1) is 7.11 Å². The molecule has 0 radical (unpaired) electrons. The molecule has 0 atom stereocenters. The molecule has 3 heteroatoms. The average molecular weight is 352 g/mol. The van der Waals surface area contributed by atoms with Crippen molar-refractivity contribution in [3.63, 3.8) is 0 Å². The summed E-state index contributed by atoms with van der Waals surface area (Å²) >= 11 is 0. The van der Waals surface area contributed by atoms with Gasteiger partial charge in [0.25, 0.3) is 0 Å². The van der Waals surface area contributed by atoms with E-state index in [2.05, 4.69) is 11.8 Å². The minimum Gasteiger partial charge on any atom is -0.497 e. The number of ether oxygens (including phenoxy) is 1. The Bertz CT molecular complexity index is 1210. The summed E-state index contributed by atoms with van der Waals surface area (Å²) in [6.07, 6.45) is 0. The van der Waals surface area contributed by atoms with Gasteiger partial charge in [0, 0.05) is 16.5 Å². The van der Waals surface area contributed by atoms with Gasteiger partial charge in [-0.05, 0) is 35.9 Å². The van der Waals surface area contributed by atoms with Crippen molar-refractivity contribution in [1.29, 1.82) is 0 Å². The highest BCUT2D eigenvalue weighted by Gasteiger charge is 2.14. The molecule has 3 aromatic carbocycles. The van der Waals surface area contributed by atoms with Crippen LogP contribution in [0.1, 0.15) is 11.1 Å². The maximum Gasteiger partial charge on any atom is 0.352 e. The van der Waals surface area contributed by atoms with Crippen molar-refractivity contribution < 1.29 is 9.15 Å². The van der Waals surface area contributed by atoms with E-state index in [9.17, 15) is 4.79 Å². The molecule has 0 amide bonds. The molecule has 27 heavy (non-hydrogen) atoms. The molecule has 4 rings (SSSR count). The van der Waals surface area contributed by atoms with Crippen LogP contribution in [0, 0.1) is 11.8 Å². The normalized spacial score (nSPS) is 10.3. The van der Waals surface area contributed by atoms with Crippen molar-refractivity contribution in [3.8, 4) is 28.7 Å². The Morgan fingerprint density at radius 2 is 1.52 bits per heavy atom. The molecule has 0 spiro atoms. The van der Waals surface area contributed by atoms with Crippen LogP contribution in [0.2, 0.25) is 0 Å². The predicted molar refractivity (Wildman–Crippen MR) is 107 cm³/mol. The van der Waals surface area contributed by atoms with Gasteiger partial charge in [0.2, 0.25) is 0 Å². The number of fused-ring (bicyclic) bond motifs is 1. The fraction of sp³-hybridized carbons (Fsp3) is 0.0417. The van der Waals surface area contributed by atoms with Gasteiger partial charge in [-0.25, -0.2) is 4.79 Å². The summed E-state index contributed by atoms with van der Waals surface area (Å²) in [5.41, 5.74) is 2.99. The molecule has 0 aliphatic carbocycles. The second-order valence-corrected chi connectivity index (χ2v) is 5.98. The van der Waals surface area contributed by atoms with Crippen LogP contribution in [0.3, 0.4) is 0 Å². The molecule has 0 unspecified atom stereocenters. The highest BCUT2D eigenvalue weighted by Crippen LogP contribution is 2.29. The molecule has 130 valence electrons. The number of para-hydroxylation sites is 1. The lowest BCUT2D eigenvalue weighted by molar-refractivity contribution is 0.415. The number of methoxy groups -OCH3 is 1. The van der Waals surface area contributed by atoms with Crippen molar-refractivity contribution in [3.05, 3.63) is 100 Å². The van der Waals surface area contributed by atoms with Crippen LogP contribution >= 0.6 is 0 Å². The van der Waals surface area contributed by atoms with Gasteiger partial charge in [-0.15, -0.1) is 0 Å². The lowest BCUT2D eigenvalue weighted by Crippen LogP contribution is -2.07. The molecule has 0 aliphatic rings. The number of hydrogen-bond donors (Lipinski definition) is 0. The number of hydrogen-bond acceptors (Lipinski definition) is 3. The van der Waals surface area contributed by atoms with E-state index in [1.807, 2.05) is 72.8 Å². The first kappa shape index (κ1) is 16.7. The van der Waals surface area contributed by atoms with Crippen molar-refractivity contribution in [2.24, 2.45) is 0 Å². The molecule has 3 nitrogen and oxygen atoms in total. The molecule has 4 aromatic rings. The predicted octanol–water partition coefficient (Wildman–Crippen LogP) is 4.87. The van der Waals surface area contributed by atoms with E-state index in [4.69, 9.17) is 9.15 Å². The molecule has 0 saturated heterocycles. The van der Waals surface area contributed by atoms with Gasteiger partial charge in [0.15, 0.2) is 0 Å². The fourth-order valence-electron chi connectivity index (χ4n) is 2.98. The monoisotopic (exact) mass is 352 g/mol. The van der Waals surface area contributed by atoms with Gasteiger partial charge < -0.3 is 9.15 Å². The zero-order valence-electron chi connectivity index (χ0n) is 14.7. The maximum atomic E-state index is 12.7. The Kier molecular flexibility index (Phi) is 4.47. The number of rotatable bonds is 2. The zero-order chi connectivity index (χ0) is 18.6. The Balaban J connectivity index is 1.94. The van der Waals surface area contributed by atoms with Crippen molar-refractivity contribution in [2.75, 3.05) is 7.11 Å². The molecule has 0 fully saturated rings. The highest BCUT2D eigenvalue weighted by molar-refractivity contribution is 5.96. The van der Waals surface area contributed by atoms with E-state index in [0.29, 0.717) is 11.1 Å². The topological polar surface area (TPSA) is 39.4 Å². The molecular weight excluding hydrogens is 336 g/mol. The quantitative estimate of drug-likeness (QED) is 0.382. The minimum absolute atomic E-state index is 0.357. The van der Waals surface area contributed by atoms with E-state index in [1.54, 1.807) is 13.2 Å². The van der Waals surface area contributed by atoms with E-state index in [0.717, 1.165) is 27.8 Å². The van der Waals surface area contributed by atoms with Crippen LogP contribution in [0.25, 0.3) is 22.1 Å². The minimum atomic E-state index is -0.437. The SMILES string of the molecule is COc1ccc(C#Cc2c(-c3ccccc3)c3ccccc3oc2=O)cc1. The van der Waals surface area contributed by atoms with Crippen molar-refractivity contribution in [1.82, 2.24) is 0 Å². The molecular formula is C24H16O3. The van der Waals surface area contributed by atoms with E-state index in [1.165, 1.54) is 0 Å². The molecule has 0 bridgehead atoms. The largest absolute Gasteiger partial charge is 0.497 e. The van der Waals surface area contributed by atoms with Crippen LogP contribution < -0.4 is 10.4 Å². The third-order valence-electron chi connectivity index (χ3n) is 4.30. The van der Waals surface area contributed by atoms with Gasteiger partial charge >= 0.3 is 5.63 Å². The summed E-state index contributed by atoms with van der Waals surface area (Å²) < 4.78 is 10.7. The molecule has 1 aromatic heterocycles. The summed E-state index contributed by atoms with van der Waals surface area (Å²) in [6, 6.07) is 24.7. The summed E-state index contributed by atoms with van der Waals surface area (Å²) in [6.45, 7) is 0. The molecule has 1 heterocycles. The lowest BCUT2D eigenvalue weighted by Gasteiger charge is -2.08. The maximum absolute atomic E-state index is 12.7. The van der Waals surface area contributed by atoms with Gasteiger partial charge in [0.1, 0.15) is 16.9 Å². The molecule has 0 saturated carbocycles. The smallest absolute Gasteiger partial charge is 0.352 e. The zero-order valence-corrected chi connectivity index (χ0v) is 14.7.